The van der Waals surface area contributed by atoms with Crippen molar-refractivity contribution in [3.05, 3.63) is 71.5 Å². The minimum atomic E-state index is -0.106. The topological polar surface area (TPSA) is 60.2 Å². The fraction of sp³-hybridized carbons (Fsp3) is 0.143. The first-order valence-electron chi connectivity index (χ1n) is 8.97. The van der Waals surface area contributed by atoms with Gasteiger partial charge in [0.25, 0.3) is 5.91 Å². The summed E-state index contributed by atoms with van der Waals surface area (Å²) in [5, 5.41) is 4.76. The molecule has 1 amide bonds. The van der Waals surface area contributed by atoms with Crippen molar-refractivity contribution >= 4 is 40.3 Å². The van der Waals surface area contributed by atoms with Crippen molar-refractivity contribution in [3.8, 4) is 16.9 Å². The van der Waals surface area contributed by atoms with Crippen LogP contribution in [0.5, 0.6) is 0 Å². The van der Waals surface area contributed by atoms with Gasteiger partial charge in [-0.15, -0.1) is 0 Å². The van der Waals surface area contributed by atoms with Crippen molar-refractivity contribution in [2.45, 2.75) is 0 Å². The molecule has 0 atom stereocenters. The minimum Gasteiger partial charge on any atom is -0.383 e. The summed E-state index contributed by atoms with van der Waals surface area (Å²) in [6.07, 6.45) is 7.23. The molecule has 0 saturated carbocycles. The second-order valence-electron chi connectivity index (χ2n) is 6.28. The fourth-order valence-electron chi connectivity index (χ4n) is 2.96. The summed E-state index contributed by atoms with van der Waals surface area (Å²) in [7, 11) is 1.60. The van der Waals surface area contributed by atoms with Crippen LogP contribution >= 0.6 is 24.0 Å². The highest BCUT2D eigenvalue weighted by molar-refractivity contribution is 8.26. The largest absolute Gasteiger partial charge is 0.383 e. The van der Waals surface area contributed by atoms with Crippen LogP contribution in [0.15, 0.2) is 66.0 Å². The van der Waals surface area contributed by atoms with Crippen LogP contribution in [0.1, 0.15) is 5.56 Å². The minimum absolute atomic E-state index is 0.106. The number of carbonyl (C=O) groups excluding carboxylic acids is 1. The van der Waals surface area contributed by atoms with Crippen LogP contribution in [0.2, 0.25) is 0 Å². The van der Waals surface area contributed by atoms with Gasteiger partial charge in [-0.2, -0.15) is 5.10 Å². The zero-order valence-electron chi connectivity index (χ0n) is 15.7. The van der Waals surface area contributed by atoms with Crippen molar-refractivity contribution < 1.29 is 9.53 Å². The lowest BCUT2D eigenvalue weighted by Gasteiger charge is -2.12. The van der Waals surface area contributed by atoms with Crippen molar-refractivity contribution in [2.75, 3.05) is 20.3 Å². The molecule has 0 bridgehead atoms. The lowest BCUT2D eigenvalue weighted by molar-refractivity contribution is -0.122. The lowest BCUT2D eigenvalue weighted by atomic mass is 10.1. The van der Waals surface area contributed by atoms with Crippen molar-refractivity contribution in [1.29, 1.82) is 0 Å². The molecule has 1 aliphatic rings. The third-order valence-electron chi connectivity index (χ3n) is 4.40. The maximum Gasteiger partial charge on any atom is 0.266 e. The number of methoxy groups -OCH3 is 1. The number of ether oxygens (including phenoxy) is 1. The van der Waals surface area contributed by atoms with E-state index < -0.39 is 0 Å². The second kappa shape index (κ2) is 8.69. The van der Waals surface area contributed by atoms with Crippen LogP contribution in [0.4, 0.5) is 0 Å². The molecule has 6 nitrogen and oxygen atoms in total. The highest BCUT2D eigenvalue weighted by Gasteiger charge is 2.32. The standard InChI is InChI=1S/C21H18N4O2S2/c1-27-12-11-24-20(26)18(29-21(24)28)13-16-14-25(17-5-3-2-4-6-17)23-19(16)15-7-9-22-10-8-15/h2-10,13-14H,11-12H2,1H3. The van der Waals surface area contributed by atoms with Gasteiger partial charge in [0.2, 0.25) is 0 Å². The average Bonchev–Trinajstić information content (AvgIpc) is 3.29. The molecular formula is C21H18N4O2S2. The molecule has 0 unspecified atom stereocenters. The Morgan fingerprint density at radius 3 is 2.66 bits per heavy atom. The highest BCUT2D eigenvalue weighted by atomic mass is 32.2. The van der Waals surface area contributed by atoms with Gasteiger partial charge in [-0.25, -0.2) is 4.68 Å². The predicted molar refractivity (Wildman–Crippen MR) is 119 cm³/mol. The summed E-state index contributed by atoms with van der Waals surface area (Å²) in [5.74, 6) is -0.106. The lowest BCUT2D eigenvalue weighted by Crippen LogP contribution is -2.31. The van der Waals surface area contributed by atoms with E-state index in [0.29, 0.717) is 22.4 Å². The molecule has 146 valence electrons. The molecule has 4 rings (SSSR count). The molecule has 3 aromatic rings. The Labute approximate surface area is 178 Å². The van der Waals surface area contributed by atoms with Crippen LogP contribution in [0, 0.1) is 0 Å². The Morgan fingerprint density at radius 2 is 1.93 bits per heavy atom. The van der Waals surface area contributed by atoms with Gasteiger partial charge in [0.05, 0.1) is 23.7 Å². The molecule has 2 aromatic heterocycles. The first kappa shape index (κ1) is 19.5. The normalized spacial score (nSPS) is 15.5. The number of rotatable bonds is 6. The number of pyridine rings is 1. The number of aromatic nitrogens is 3. The van der Waals surface area contributed by atoms with Gasteiger partial charge in [-0.05, 0) is 30.3 Å². The molecule has 29 heavy (non-hydrogen) atoms. The predicted octanol–water partition coefficient (Wildman–Crippen LogP) is 3.78. The number of amides is 1. The van der Waals surface area contributed by atoms with E-state index >= 15 is 0 Å². The molecule has 3 heterocycles. The van der Waals surface area contributed by atoms with Crippen LogP contribution < -0.4 is 0 Å². The van der Waals surface area contributed by atoms with E-state index in [9.17, 15) is 4.79 Å². The number of hydrogen-bond acceptors (Lipinski definition) is 6. The van der Waals surface area contributed by atoms with Crippen molar-refractivity contribution in [1.82, 2.24) is 19.7 Å². The van der Waals surface area contributed by atoms with E-state index in [0.717, 1.165) is 22.5 Å². The smallest absolute Gasteiger partial charge is 0.266 e. The van der Waals surface area contributed by atoms with E-state index in [1.54, 1.807) is 24.4 Å². The number of hydrogen-bond donors (Lipinski definition) is 0. The van der Waals surface area contributed by atoms with E-state index in [4.69, 9.17) is 22.1 Å². The fourth-order valence-corrected chi connectivity index (χ4v) is 4.26. The van der Waals surface area contributed by atoms with Crippen molar-refractivity contribution in [2.24, 2.45) is 0 Å². The first-order chi connectivity index (χ1) is 14.2. The van der Waals surface area contributed by atoms with Crippen LogP contribution in [0.3, 0.4) is 0 Å². The van der Waals surface area contributed by atoms with E-state index in [1.165, 1.54) is 11.8 Å². The Morgan fingerprint density at radius 1 is 1.17 bits per heavy atom. The number of para-hydroxylation sites is 1. The Balaban J connectivity index is 1.75. The average molecular weight is 423 g/mol. The van der Waals surface area contributed by atoms with Crippen LogP contribution in [-0.4, -0.2) is 50.2 Å². The molecule has 1 saturated heterocycles. The number of benzene rings is 1. The number of thioether (sulfide) groups is 1. The van der Waals surface area contributed by atoms with Gasteiger partial charge < -0.3 is 4.74 Å². The molecule has 0 N–H and O–H groups in total. The van der Waals surface area contributed by atoms with Gasteiger partial charge in [0, 0.05) is 36.8 Å². The summed E-state index contributed by atoms with van der Waals surface area (Å²) in [5.41, 5.74) is 3.48. The summed E-state index contributed by atoms with van der Waals surface area (Å²) < 4.78 is 7.44. The van der Waals surface area contributed by atoms with Crippen LogP contribution in [-0.2, 0) is 9.53 Å². The summed E-state index contributed by atoms with van der Waals surface area (Å²) in [6, 6.07) is 13.7. The molecule has 1 fully saturated rings. The molecule has 0 aliphatic carbocycles. The highest BCUT2D eigenvalue weighted by Crippen LogP contribution is 2.34. The van der Waals surface area contributed by atoms with Gasteiger partial charge in [0.1, 0.15) is 10.0 Å². The van der Waals surface area contributed by atoms with Gasteiger partial charge in [0.15, 0.2) is 0 Å². The second-order valence-corrected chi connectivity index (χ2v) is 7.95. The van der Waals surface area contributed by atoms with E-state index in [1.807, 2.05) is 59.4 Å². The summed E-state index contributed by atoms with van der Waals surface area (Å²) in [6.45, 7) is 0.882. The number of carbonyl (C=O) groups is 1. The zero-order chi connectivity index (χ0) is 20.2. The maximum absolute atomic E-state index is 12.8. The summed E-state index contributed by atoms with van der Waals surface area (Å²) in [4.78, 5) is 19.0. The summed E-state index contributed by atoms with van der Waals surface area (Å²) >= 11 is 6.67. The quantitative estimate of drug-likeness (QED) is 0.445. The number of thiocarbonyl (C=S) groups is 1. The van der Waals surface area contributed by atoms with Gasteiger partial charge in [-0.3, -0.25) is 14.7 Å². The van der Waals surface area contributed by atoms with Gasteiger partial charge in [-0.1, -0.05) is 42.2 Å². The first-order valence-corrected chi connectivity index (χ1v) is 10.2. The van der Waals surface area contributed by atoms with E-state index in [-0.39, 0.29) is 5.91 Å². The third-order valence-corrected chi connectivity index (χ3v) is 5.77. The third kappa shape index (κ3) is 4.14. The Hall–Kier alpha value is -2.81. The van der Waals surface area contributed by atoms with Crippen molar-refractivity contribution in [3.63, 3.8) is 0 Å². The van der Waals surface area contributed by atoms with Gasteiger partial charge >= 0.3 is 0 Å². The number of nitrogens with zero attached hydrogens (tertiary/aromatic N) is 4. The SMILES string of the molecule is COCCN1C(=O)C(=Cc2cn(-c3ccccc3)nc2-c2ccncc2)SC1=S. The molecule has 1 aromatic carbocycles. The Kier molecular flexibility index (Phi) is 5.84. The monoisotopic (exact) mass is 422 g/mol. The molecule has 0 radical (unpaired) electrons. The molecular weight excluding hydrogens is 404 g/mol. The molecule has 0 spiro atoms. The van der Waals surface area contributed by atoms with Crippen LogP contribution in [0.25, 0.3) is 23.0 Å². The Bertz CT molecular complexity index is 1060. The zero-order valence-corrected chi connectivity index (χ0v) is 17.3. The maximum atomic E-state index is 12.8. The molecule has 1 aliphatic heterocycles. The molecule has 8 heteroatoms. The van der Waals surface area contributed by atoms with E-state index in [2.05, 4.69) is 4.98 Å².